The highest BCUT2D eigenvalue weighted by Crippen LogP contribution is 2.19. The zero-order chi connectivity index (χ0) is 16.1. The lowest BCUT2D eigenvalue weighted by Crippen LogP contribution is -2.48. The van der Waals surface area contributed by atoms with E-state index in [2.05, 4.69) is 10.6 Å². The fraction of sp³-hybridized carbons (Fsp3) is 0.529. The SMILES string of the molecule is CCN(Cc1cccc(NC(=O)C(C)C2CNC2)c1)C(C)=O. The first-order chi connectivity index (χ1) is 10.5. The fourth-order valence-electron chi connectivity index (χ4n) is 2.55. The van der Waals surface area contributed by atoms with Gasteiger partial charge in [-0.1, -0.05) is 19.1 Å². The average molecular weight is 303 g/mol. The summed E-state index contributed by atoms with van der Waals surface area (Å²) in [6, 6.07) is 7.71. The molecule has 0 spiro atoms. The van der Waals surface area contributed by atoms with Crippen molar-refractivity contribution < 1.29 is 9.59 Å². The summed E-state index contributed by atoms with van der Waals surface area (Å²) >= 11 is 0. The Morgan fingerprint density at radius 2 is 2.14 bits per heavy atom. The van der Waals surface area contributed by atoms with E-state index in [9.17, 15) is 9.59 Å². The number of carbonyl (C=O) groups excluding carboxylic acids is 2. The van der Waals surface area contributed by atoms with Crippen LogP contribution < -0.4 is 10.6 Å². The Labute approximate surface area is 132 Å². The van der Waals surface area contributed by atoms with Crippen LogP contribution >= 0.6 is 0 Å². The van der Waals surface area contributed by atoms with Crippen molar-refractivity contribution in [3.63, 3.8) is 0 Å². The number of anilines is 1. The first-order valence-electron chi connectivity index (χ1n) is 7.87. The summed E-state index contributed by atoms with van der Waals surface area (Å²) in [6.07, 6.45) is 0. The summed E-state index contributed by atoms with van der Waals surface area (Å²) in [7, 11) is 0. The first kappa shape index (κ1) is 16.5. The molecule has 1 aromatic carbocycles. The number of hydrogen-bond donors (Lipinski definition) is 2. The third-order valence-electron chi connectivity index (χ3n) is 4.33. The monoisotopic (exact) mass is 303 g/mol. The number of nitrogens with zero attached hydrogens (tertiary/aromatic N) is 1. The molecule has 1 saturated heterocycles. The Morgan fingerprint density at radius 1 is 1.41 bits per heavy atom. The summed E-state index contributed by atoms with van der Waals surface area (Å²) in [4.78, 5) is 25.5. The van der Waals surface area contributed by atoms with Crippen molar-refractivity contribution in [1.29, 1.82) is 0 Å². The third kappa shape index (κ3) is 4.07. The van der Waals surface area contributed by atoms with Gasteiger partial charge >= 0.3 is 0 Å². The molecule has 2 N–H and O–H groups in total. The Hall–Kier alpha value is -1.88. The van der Waals surface area contributed by atoms with Crippen LogP contribution in [0.15, 0.2) is 24.3 Å². The van der Waals surface area contributed by atoms with Gasteiger partial charge < -0.3 is 15.5 Å². The average Bonchev–Trinajstić information content (AvgIpc) is 2.42. The van der Waals surface area contributed by atoms with Crippen molar-refractivity contribution in [2.24, 2.45) is 11.8 Å². The molecule has 5 heteroatoms. The molecule has 1 atom stereocenters. The molecule has 1 fully saturated rings. The number of rotatable bonds is 6. The summed E-state index contributed by atoms with van der Waals surface area (Å²) in [5.74, 6) is 0.552. The predicted octanol–water partition coefficient (Wildman–Crippen LogP) is 1.85. The molecule has 1 aliphatic rings. The third-order valence-corrected chi connectivity index (χ3v) is 4.33. The zero-order valence-electron chi connectivity index (χ0n) is 13.6. The van der Waals surface area contributed by atoms with Crippen LogP contribution in [-0.2, 0) is 16.1 Å². The van der Waals surface area contributed by atoms with E-state index in [4.69, 9.17) is 0 Å². The standard InChI is InChI=1S/C17H25N3O2/c1-4-20(13(3)21)11-14-6-5-7-16(8-14)19-17(22)12(2)15-9-18-10-15/h5-8,12,15,18H,4,9-11H2,1-3H3,(H,19,22). The lowest BCUT2D eigenvalue weighted by atomic mass is 9.88. The Kier molecular flexibility index (Phi) is 5.55. The van der Waals surface area contributed by atoms with Gasteiger partial charge in [-0.15, -0.1) is 0 Å². The number of benzene rings is 1. The quantitative estimate of drug-likeness (QED) is 0.843. The normalized spacial score (nSPS) is 15.8. The van der Waals surface area contributed by atoms with Crippen LogP contribution in [0.3, 0.4) is 0 Å². The molecule has 5 nitrogen and oxygen atoms in total. The highest BCUT2D eigenvalue weighted by Gasteiger charge is 2.28. The molecule has 1 heterocycles. The van der Waals surface area contributed by atoms with E-state index < -0.39 is 0 Å². The number of nitrogens with one attached hydrogen (secondary N) is 2. The molecule has 1 aromatic rings. The van der Waals surface area contributed by atoms with Gasteiger partial charge in [0.1, 0.15) is 0 Å². The smallest absolute Gasteiger partial charge is 0.227 e. The maximum atomic E-state index is 12.2. The molecule has 1 unspecified atom stereocenters. The van der Waals surface area contributed by atoms with Crippen molar-refractivity contribution in [2.45, 2.75) is 27.3 Å². The van der Waals surface area contributed by atoms with E-state index in [-0.39, 0.29) is 17.7 Å². The second-order valence-corrected chi connectivity index (χ2v) is 5.93. The number of hydrogen-bond acceptors (Lipinski definition) is 3. The van der Waals surface area contributed by atoms with Gasteiger partial charge in [-0.25, -0.2) is 0 Å². The van der Waals surface area contributed by atoms with E-state index >= 15 is 0 Å². The molecule has 2 rings (SSSR count). The van der Waals surface area contributed by atoms with Crippen molar-refractivity contribution in [1.82, 2.24) is 10.2 Å². The molecule has 0 aromatic heterocycles. The molecule has 1 aliphatic heterocycles. The molecule has 0 bridgehead atoms. The van der Waals surface area contributed by atoms with Gasteiger partial charge in [0.25, 0.3) is 0 Å². The Balaban J connectivity index is 1.98. The van der Waals surface area contributed by atoms with Gasteiger partial charge in [-0.3, -0.25) is 9.59 Å². The molecule has 0 aliphatic carbocycles. The minimum absolute atomic E-state index is 0.00858. The van der Waals surface area contributed by atoms with E-state index in [1.54, 1.807) is 11.8 Å². The van der Waals surface area contributed by atoms with Gasteiger partial charge in [-0.05, 0) is 43.6 Å². The van der Waals surface area contributed by atoms with Crippen molar-refractivity contribution in [2.75, 3.05) is 25.0 Å². The molecule has 0 radical (unpaired) electrons. The van der Waals surface area contributed by atoms with Crippen LogP contribution in [0.4, 0.5) is 5.69 Å². The van der Waals surface area contributed by atoms with Crippen molar-refractivity contribution >= 4 is 17.5 Å². The fourth-order valence-corrected chi connectivity index (χ4v) is 2.55. The van der Waals surface area contributed by atoms with Crippen molar-refractivity contribution in [3.8, 4) is 0 Å². The summed E-state index contributed by atoms with van der Waals surface area (Å²) in [6.45, 7) is 8.58. The lowest BCUT2D eigenvalue weighted by molar-refractivity contribution is -0.129. The molecule has 2 amide bonds. The van der Waals surface area contributed by atoms with Gasteiger partial charge in [0.15, 0.2) is 0 Å². The molecular formula is C17H25N3O2. The minimum atomic E-state index is 0.00858. The van der Waals surface area contributed by atoms with Crippen molar-refractivity contribution in [3.05, 3.63) is 29.8 Å². The maximum absolute atomic E-state index is 12.2. The topological polar surface area (TPSA) is 61.4 Å². The van der Waals surface area contributed by atoms with E-state index in [0.29, 0.717) is 19.0 Å². The van der Waals surface area contributed by atoms with Crippen LogP contribution in [-0.4, -0.2) is 36.3 Å². The van der Waals surface area contributed by atoms with E-state index in [0.717, 1.165) is 24.3 Å². The summed E-state index contributed by atoms with van der Waals surface area (Å²) in [5, 5.41) is 6.17. The molecule has 120 valence electrons. The predicted molar refractivity (Wildman–Crippen MR) is 87.4 cm³/mol. The Morgan fingerprint density at radius 3 is 2.68 bits per heavy atom. The van der Waals surface area contributed by atoms with E-state index in [1.807, 2.05) is 38.1 Å². The Bertz CT molecular complexity index is 540. The number of carbonyl (C=O) groups is 2. The van der Waals surface area contributed by atoms with Crippen LogP contribution in [0.1, 0.15) is 26.3 Å². The molecule has 22 heavy (non-hydrogen) atoms. The van der Waals surface area contributed by atoms with Crippen LogP contribution in [0.25, 0.3) is 0 Å². The van der Waals surface area contributed by atoms with Gasteiger partial charge in [0.2, 0.25) is 11.8 Å². The number of amides is 2. The van der Waals surface area contributed by atoms with E-state index in [1.165, 1.54) is 0 Å². The highest BCUT2D eigenvalue weighted by atomic mass is 16.2. The second-order valence-electron chi connectivity index (χ2n) is 5.93. The first-order valence-corrected chi connectivity index (χ1v) is 7.87. The summed E-state index contributed by atoms with van der Waals surface area (Å²) in [5.41, 5.74) is 1.81. The molecular weight excluding hydrogens is 278 g/mol. The summed E-state index contributed by atoms with van der Waals surface area (Å²) < 4.78 is 0. The highest BCUT2D eigenvalue weighted by molar-refractivity contribution is 5.92. The largest absolute Gasteiger partial charge is 0.339 e. The van der Waals surface area contributed by atoms with Gasteiger partial charge in [-0.2, -0.15) is 0 Å². The lowest BCUT2D eigenvalue weighted by Gasteiger charge is -2.31. The molecule has 0 saturated carbocycles. The zero-order valence-corrected chi connectivity index (χ0v) is 13.6. The van der Waals surface area contributed by atoms with Crippen LogP contribution in [0.5, 0.6) is 0 Å². The van der Waals surface area contributed by atoms with Crippen LogP contribution in [0, 0.1) is 11.8 Å². The minimum Gasteiger partial charge on any atom is -0.339 e. The van der Waals surface area contributed by atoms with Crippen LogP contribution in [0.2, 0.25) is 0 Å². The van der Waals surface area contributed by atoms with Gasteiger partial charge in [0, 0.05) is 31.6 Å². The second kappa shape index (κ2) is 7.40. The van der Waals surface area contributed by atoms with Gasteiger partial charge in [0.05, 0.1) is 0 Å². The maximum Gasteiger partial charge on any atom is 0.227 e.